The molecule has 2 rings (SSSR count). The molecule has 0 aliphatic rings. The van der Waals surface area contributed by atoms with Gasteiger partial charge in [-0.1, -0.05) is 44.2 Å². The zero-order chi connectivity index (χ0) is 15.3. The van der Waals surface area contributed by atoms with Crippen molar-refractivity contribution in [2.75, 3.05) is 13.7 Å². The topological polar surface area (TPSA) is 34.1 Å². The monoisotopic (exact) mass is 304 g/mol. The van der Waals surface area contributed by atoms with Crippen molar-refractivity contribution < 1.29 is 4.74 Å². The van der Waals surface area contributed by atoms with E-state index in [-0.39, 0.29) is 5.60 Å². The summed E-state index contributed by atoms with van der Waals surface area (Å²) >= 11 is 1.75. The van der Waals surface area contributed by atoms with Gasteiger partial charge in [-0.3, -0.25) is 0 Å². The fourth-order valence-corrected chi connectivity index (χ4v) is 3.39. The number of ether oxygens (including phenoxy) is 1. The molecule has 0 radical (unpaired) electrons. The molecular formula is C17H24N2OS. The molecule has 1 aromatic heterocycles. The number of aromatic nitrogens is 1. The second kappa shape index (κ2) is 7.16. The van der Waals surface area contributed by atoms with Crippen LogP contribution in [-0.2, 0) is 16.9 Å². The molecule has 0 aliphatic heterocycles. The van der Waals surface area contributed by atoms with Crippen LogP contribution in [0.15, 0.2) is 30.3 Å². The number of nitrogens with zero attached hydrogens (tertiary/aromatic N) is 1. The second-order valence-electron chi connectivity index (χ2n) is 5.23. The number of rotatable bonds is 7. The molecule has 0 spiro atoms. The van der Waals surface area contributed by atoms with Crippen LogP contribution in [0, 0.1) is 0 Å². The van der Waals surface area contributed by atoms with E-state index in [9.17, 15) is 0 Å². The van der Waals surface area contributed by atoms with Gasteiger partial charge < -0.3 is 10.1 Å². The lowest BCUT2D eigenvalue weighted by atomic mass is 10.0. The molecule has 1 aromatic carbocycles. The van der Waals surface area contributed by atoms with E-state index in [1.54, 1.807) is 18.4 Å². The maximum Gasteiger partial charge on any atom is 0.125 e. The zero-order valence-electron chi connectivity index (χ0n) is 13.3. The quantitative estimate of drug-likeness (QED) is 0.833. The lowest BCUT2D eigenvalue weighted by Gasteiger charge is -2.23. The predicted octanol–water partition coefficient (Wildman–Crippen LogP) is 4.19. The fraction of sp³-hybridized carbons (Fsp3) is 0.471. The average molecular weight is 304 g/mol. The summed E-state index contributed by atoms with van der Waals surface area (Å²) in [5.41, 5.74) is 1.94. The highest BCUT2D eigenvalue weighted by atomic mass is 32.1. The van der Waals surface area contributed by atoms with Crippen molar-refractivity contribution in [2.45, 2.75) is 39.3 Å². The Morgan fingerprint density at radius 3 is 2.52 bits per heavy atom. The Bertz CT molecular complexity index is 561. The Hall–Kier alpha value is -1.23. The van der Waals surface area contributed by atoms with Crippen LogP contribution in [-0.4, -0.2) is 18.6 Å². The predicted molar refractivity (Wildman–Crippen MR) is 89.6 cm³/mol. The molecule has 1 N–H and O–H groups in total. The van der Waals surface area contributed by atoms with Crippen LogP contribution in [0.2, 0.25) is 0 Å². The first-order chi connectivity index (χ1) is 10.1. The number of thiazole rings is 1. The van der Waals surface area contributed by atoms with E-state index in [0.29, 0.717) is 0 Å². The summed E-state index contributed by atoms with van der Waals surface area (Å²) in [6.45, 7) is 8.17. The van der Waals surface area contributed by atoms with E-state index >= 15 is 0 Å². The number of benzene rings is 1. The molecule has 1 heterocycles. The summed E-state index contributed by atoms with van der Waals surface area (Å²) in [5.74, 6) is 0. The highest BCUT2D eigenvalue weighted by Gasteiger charge is 2.29. The van der Waals surface area contributed by atoms with Crippen LogP contribution < -0.4 is 5.32 Å². The highest BCUT2D eigenvalue weighted by molar-refractivity contribution is 7.12. The minimum atomic E-state index is -0.307. The van der Waals surface area contributed by atoms with Crippen molar-refractivity contribution >= 4 is 11.3 Å². The van der Waals surface area contributed by atoms with Gasteiger partial charge in [0.05, 0.1) is 5.69 Å². The average Bonchev–Trinajstić information content (AvgIpc) is 2.97. The first-order valence-electron chi connectivity index (χ1n) is 7.46. The molecule has 0 fully saturated rings. The summed E-state index contributed by atoms with van der Waals surface area (Å²) in [6, 6.07) is 10.4. The lowest BCUT2D eigenvalue weighted by Crippen LogP contribution is -2.22. The van der Waals surface area contributed by atoms with E-state index in [0.717, 1.165) is 30.2 Å². The van der Waals surface area contributed by atoms with Gasteiger partial charge in [-0.05, 0) is 19.9 Å². The molecule has 0 saturated carbocycles. The maximum absolute atomic E-state index is 5.71. The van der Waals surface area contributed by atoms with Gasteiger partial charge >= 0.3 is 0 Å². The van der Waals surface area contributed by atoms with Crippen LogP contribution in [0.25, 0.3) is 11.3 Å². The van der Waals surface area contributed by atoms with E-state index in [1.165, 1.54) is 10.4 Å². The van der Waals surface area contributed by atoms with Gasteiger partial charge in [-0.2, -0.15) is 0 Å². The smallest absolute Gasteiger partial charge is 0.125 e. The van der Waals surface area contributed by atoms with Crippen LogP contribution in [0.1, 0.15) is 37.1 Å². The largest absolute Gasteiger partial charge is 0.371 e. The lowest BCUT2D eigenvalue weighted by molar-refractivity contribution is -0.00149. The normalized spacial score (nSPS) is 14.1. The third kappa shape index (κ3) is 3.51. The van der Waals surface area contributed by atoms with Crippen molar-refractivity contribution in [3.05, 3.63) is 40.2 Å². The van der Waals surface area contributed by atoms with E-state index in [2.05, 4.69) is 50.4 Å². The van der Waals surface area contributed by atoms with Gasteiger partial charge in [0.1, 0.15) is 10.6 Å². The Balaban J connectivity index is 2.45. The third-order valence-corrected chi connectivity index (χ3v) is 5.16. The molecule has 0 amide bonds. The van der Waals surface area contributed by atoms with Crippen molar-refractivity contribution in [1.82, 2.24) is 10.3 Å². The zero-order valence-corrected chi connectivity index (χ0v) is 14.1. The van der Waals surface area contributed by atoms with Crippen molar-refractivity contribution in [3.63, 3.8) is 0 Å². The summed E-state index contributed by atoms with van der Waals surface area (Å²) in [7, 11) is 1.76. The van der Waals surface area contributed by atoms with E-state index in [1.807, 2.05) is 6.07 Å². The number of hydrogen-bond donors (Lipinski definition) is 1. The third-order valence-electron chi connectivity index (χ3n) is 3.86. The second-order valence-corrected chi connectivity index (χ2v) is 6.31. The van der Waals surface area contributed by atoms with Crippen molar-refractivity contribution in [3.8, 4) is 11.3 Å². The van der Waals surface area contributed by atoms with Gasteiger partial charge in [0.2, 0.25) is 0 Å². The summed E-state index contributed by atoms with van der Waals surface area (Å²) in [4.78, 5) is 6.17. The molecule has 114 valence electrons. The van der Waals surface area contributed by atoms with Crippen LogP contribution >= 0.6 is 11.3 Å². The SMILES string of the molecule is CCNCc1sc(C(C)(CC)OC)nc1-c1ccccc1. The highest BCUT2D eigenvalue weighted by Crippen LogP contribution is 2.36. The molecule has 2 aromatic rings. The number of methoxy groups -OCH3 is 1. The molecule has 1 atom stereocenters. The Kier molecular flexibility index (Phi) is 5.51. The Morgan fingerprint density at radius 1 is 1.24 bits per heavy atom. The minimum Gasteiger partial charge on any atom is -0.371 e. The number of hydrogen-bond acceptors (Lipinski definition) is 4. The molecule has 0 bridgehead atoms. The summed E-state index contributed by atoms with van der Waals surface area (Å²) in [5, 5.41) is 4.46. The van der Waals surface area contributed by atoms with E-state index in [4.69, 9.17) is 9.72 Å². The summed E-state index contributed by atoms with van der Waals surface area (Å²) in [6.07, 6.45) is 0.909. The Labute approximate surface area is 131 Å². The minimum absolute atomic E-state index is 0.307. The van der Waals surface area contributed by atoms with Crippen LogP contribution in [0.4, 0.5) is 0 Å². The van der Waals surface area contributed by atoms with Crippen molar-refractivity contribution in [2.24, 2.45) is 0 Å². The standard InChI is InChI=1S/C17H24N2OS/c1-5-17(3,20-4)16-19-15(13-10-8-7-9-11-13)14(21-16)12-18-6-2/h7-11,18H,5-6,12H2,1-4H3. The molecule has 21 heavy (non-hydrogen) atoms. The first kappa shape index (κ1) is 16.1. The van der Waals surface area contributed by atoms with Gasteiger partial charge in [0, 0.05) is 24.1 Å². The van der Waals surface area contributed by atoms with Gasteiger partial charge in [-0.25, -0.2) is 4.98 Å². The fourth-order valence-electron chi connectivity index (χ4n) is 2.14. The van der Waals surface area contributed by atoms with Gasteiger partial charge in [-0.15, -0.1) is 11.3 Å². The van der Waals surface area contributed by atoms with Gasteiger partial charge in [0.15, 0.2) is 0 Å². The summed E-state index contributed by atoms with van der Waals surface area (Å²) < 4.78 is 5.71. The number of nitrogens with one attached hydrogen (secondary N) is 1. The first-order valence-corrected chi connectivity index (χ1v) is 8.27. The van der Waals surface area contributed by atoms with Crippen LogP contribution in [0.3, 0.4) is 0 Å². The van der Waals surface area contributed by atoms with Crippen molar-refractivity contribution in [1.29, 1.82) is 0 Å². The van der Waals surface area contributed by atoms with E-state index < -0.39 is 0 Å². The van der Waals surface area contributed by atoms with Crippen LogP contribution in [0.5, 0.6) is 0 Å². The maximum atomic E-state index is 5.71. The molecule has 0 saturated heterocycles. The molecular weight excluding hydrogens is 280 g/mol. The molecule has 3 nitrogen and oxygen atoms in total. The molecule has 1 unspecified atom stereocenters. The Morgan fingerprint density at radius 2 is 1.95 bits per heavy atom. The molecule has 0 aliphatic carbocycles. The van der Waals surface area contributed by atoms with Gasteiger partial charge in [0.25, 0.3) is 0 Å². The molecule has 4 heteroatoms.